The highest BCUT2D eigenvalue weighted by Gasteiger charge is 2.19. The van der Waals surface area contributed by atoms with Crippen molar-refractivity contribution in [2.45, 2.75) is 6.92 Å². The molecule has 0 spiro atoms. The van der Waals surface area contributed by atoms with Gasteiger partial charge in [0.15, 0.2) is 0 Å². The van der Waals surface area contributed by atoms with Gasteiger partial charge in [0.1, 0.15) is 5.75 Å². The van der Waals surface area contributed by atoms with Gasteiger partial charge in [0.2, 0.25) is 11.8 Å². The van der Waals surface area contributed by atoms with Crippen molar-refractivity contribution in [1.29, 1.82) is 0 Å². The molecule has 1 aliphatic rings. The SMILES string of the molecule is COc1ccc(NC(C)=O)cc1NC(=O)CN1CCN(C/C=C/c2ccccc2)CC1. The van der Waals surface area contributed by atoms with Gasteiger partial charge in [-0.1, -0.05) is 42.5 Å². The summed E-state index contributed by atoms with van der Waals surface area (Å²) >= 11 is 0. The summed E-state index contributed by atoms with van der Waals surface area (Å²) in [5.41, 5.74) is 2.36. The third-order valence-corrected chi connectivity index (χ3v) is 5.10. The predicted octanol–water partition coefficient (Wildman–Crippen LogP) is 2.92. The smallest absolute Gasteiger partial charge is 0.238 e. The van der Waals surface area contributed by atoms with Gasteiger partial charge in [-0.05, 0) is 23.8 Å². The minimum Gasteiger partial charge on any atom is -0.495 e. The monoisotopic (exact) mass is 422 g/mol. The standard InChI is InChI=1S/C24H30N4O3/c1-19(29)25-21-10-11-23(31-2)22(17-21)26-24(30)18-28-15-13-27(14-16-28)12-6-9-20-7-4-3-5-8-20/h3-11,17H,12-16,18H2,1-2H3,(H,25,29)(H,26,30)/b9-6+. The first-order chi connectivity index (χ1) is 15.0. The maximum Gasteiger partial charge on any atom is 0.238 e. The van der Waals surface area contributed by atoms with E-state index in [9.17, 15) is 9.59 Å². The number of benzene rings is 2. The predicted molar refractivity (Wildman–Crippen MR) is 124 cm³/mol. The average Bonchev–Trinajstić information content (AvgIpc) is 2.75. The lowest BCUT2D eigenvalue weighted by molar-refractivity contribution is -0.117. The Kier molecular flexibility index (Phi) is 8.20. The maximum atomic E-state index is 12.6. The van der Waals surface area contributed by atoms with Crippen LogP contribution in [0.2, 0.25) is 0 Å². The molecular weight excluding hydrogens is 392 g/mol. The van der Waals surface area contributed by atoms with Gasteiger partial charge in [-0.2, -0.15) is 0 Å². The number of carbonyl (C=O) groups excluding carboxylic acids is 2. The first-order valence-corrected chi connectivity index (χ1v) is 10.5. The van der Waals surface area contributed by atoms with Gasteiger partial charge in [-0.15, -0.1) is 0 Å². The van der Waals surface area contributed by atoms with E-state index in [4.69, 9.17) is 4.74 Å². The van der Waals surface area contributed by atoms with E-state index in [0.717, 1.165) is 32.7 Å². The number of hydrogen-bond acceptors (Lipinski definition) is 5. The second kappa shape index (κ2) is 11.3. The highest BCUT2D eigenvalue weighted by Crippen LogP contribution is 2.27. The molecule has 0 unspecified atom stereocenters. The summed E-state index contributed by atoms with van der Waals surface area (Å²) in [4.78, 5) is 28.4. The number of anilines is 2. The van der Waals surface area contributed by atoms with Gasteiger partial charge in [0, 0.05) is 45.3 Å². The minimum atomic E-state index is -0.168. The Balaban J connectivity index is 1.46. The second-order valence-corrected chi connectivity index (χ2v) is 7.53. The third-order valence-electron chi connectivity index (χ3n) is 5.10. The summed E-state index contributed by atoms with van der Waals surface area (Å²) in [7, 11) is 1.55. The number of methoxy groups -OCH3 is 1. The Morgan fingerprint density at radius 1 is 1.00 bits per heavy atom. The van der Waals surface area contributed by atoms with E-state index in [-0.39, 0.29) is 11.8 Å². The number of carbonyl (C=O) groups is 2. The Morgan fingerprint density at radius 3 is 2.39 bits per heavy atom. The lowest BCUT2D eigenvalue weighted by Crippen LogP contribution is -2.48. The van der Waals surface area contributed by atoms with Crippen LogP contribution in [0.5, 0.6) is 5.75 Å². The zero-order chi connectivity index (χ0) is 22.1. The van der Waals surface area contributed by atoms with Gasteiger partial charge in [-0.3, -0.25) is 19.4 Å². The molecule has 2 amide bonds. The highest BCUT2D eigenvalue weighted by molar-refractivity contribution is 5.95. The zero-order valence-corrected chi connectivity index (χ0v) is 18.1. The van der Waals surface area contributed by atoms with Crippen molar-refractivity contribution in [3.63, 3.8) is 0 Å². The summed E-state index contributed by atoms with van der Waals surface area (Å²) in [6.07, 6.45) is 4.33. The molecule has 1 heterocycles. The van der Waals surface area contributed by atoms with E-state index in [2.05, 4.69) is 44.7 Å². The molecule has 2 N–H and O–H groups in total. The van der Waals surface area contributed by atoms with Crippen molar-refractivity contribution >= 4 is 29.3 Å². The molecule has 2 aromatic rings. The van der Waals surface area contributed by atoms with Gasteiger partial charge in [0.25, 0.3) is 0 Å². The summed E-state index contributed by atoms with van der Waals surface area (Å²) in [5.74, 6) is 0.284. The molecule has 3 rings (SSSR count). The molecule has 1 aliphatic heterocycles. The Bertz CT molecular complexity index is 906. The van der Waals surface area contributed by atoms with E-state index in [1.54, 1.807) is 25.3 Å². The largest absolute Gasteiger partial charge is 0.495 e. The van der Waals surface area contributed by atoms with E-state index in [0.29, 0.717) is 23.7 Å². The summed E-state index contributed by atoms with van der Waals surface area (Å²) in [5, 5.41) is 5.62. The second-order valence-electron chi connectivity index (χ2n) is 7.53. The van der Waals surface area contributed by atoms with E-state index in [1.165, 1.54) is 12.5 Å². The Labute approximate surface area is 183 Å². The van der Waals surface area contributed by atoms with Crippen molar-refractivity contribution in [3.05, 3.63) is 60.2 Å². The molecule has 0 bridgehead atoms. The van der Waals surface area contributed by atoms with Crippen LogP contribution in [-0.2, 0) is 9.59 Å². The number of nitrogens with zero attached hydrogens (tertiary/aromatic N) is 2. The van der Waals surface area contributed by atoms with Gasteiger partial charge >= 0.3 is 0 Å². The van der Waals surface area contributed by atoms with Crippen molar-refractivity contribution in [1.82, 2.24) is 9.80 Å². The average molecular weight is 423 g/mol. The number of nitrogens with one attached hydrogen (secondary N) is 2. The molecule has 0 saturated carbocycles. The quantitative estimate of drug-likeness (QED) is 0.684. The van der Waals surface area contributed by atoms with E-state index in [1.807, 2.05) is 18.2 Å². The molecule has 164 valence electrons. The molecule has 7 nitrogen and oxygen atoms in total. The number of hydrogen-bond donors (Lipinski definition) is 2. The van der Waals surface area contributed by atoms with Crippen molar-refractivity contribution in [2.75, 3.05) is 57.0 Å². The first-order valence-electron chi connectivity index (χ1n) is 10.5. The summed E-state index contributed by atoms with van der Waals surface area (Å²) in [6, 6.07) is 15.4. The van der Waals surface area contributed by atoms with Crippen LogP contribution >= 0.6 is 0 Å². The molecule has 7 heteroatoms. The molecule has 1 fully saturated rings. The number of ether oxygens (including phenoxy) is 1. The summed E-state index contributed by atoms with van der Waals surface area (Å²) < 4.78 is 5.33. The third kappa shape index (κ3) is 7.24. The van der Waals surface area contributed by atoms with Crippen molar-refractivity contribution < 1.29 is 14.3 Å². The fraction of sp³-hybridized carbons (Fsp3) is 0.333. The van der Waals surface area contributed by atoms with E-state index >= 15 is 0 Å². The lowest BCUT2D eigenvalue weighted by atomic mass is 10.2. The normalized spacial score (nSPS) is 15.0. The maximum absolute atomic E-state index is 12.6. The molecule has 0 aromatic heterocycles. The van der Waals surface area contributed by atoms with E-state index < -0.39 is 0 Å². The summed E-state index contributed by atoms with van der Waals surface area (Å²) in [6.45, 7) is 6.20. The van der Waals surface area contributed by atoms with Crippen LogP contribution in [0.3, 0.4) is 0 Å². The Morgan fingerprint density at radius 2 is 1.71 bits per heavy atom. The molecule has 0 atom stereocenters. The number of piperazine rings is 1. The van der Waals surface area contributed by atoms with Crippen LogP contribution in [0, 0.1) is 0 Å². The number of amides is 2. The molecular formula is C24H30N4O3. The molecule has 31 heavy (non-hydrogen) atoms. The molecule has 1 saturated heterocycles. The fourth-order valence-corrected chi connectivity index (χ4v) is 3.51. The van der Waals surface area contributed by atoms with Crippen LogP contribution in [-0.4, -0.2) is 68.0 Å². The molecule has 2 aromatic carbocycles. The van der Waals surface area contributed by atoms with Crippen LogP contribution in [0.15, 0.2) is 54.6 Å². The zero-order valence-electron chi connectivity index (χ0n) is 18.1. The highest BCUT2D eigenvalue weighted by atomic mass is 16.5. The van der Waals surface area contributed by atoms with Gasteiger partial charge < -0.3 is 15.4 Å². The van der Waals surface area contributed by atoms with Crippen molar-refractivity contribution in [3.8, 4) is 5.75 Å². The number of rotatable bonds is 8. The molecule has 0 radical (unpaired) electrons. The van der Waals surface area contributed by atoms with Crippen LogP contribution in [0.1, 0.15) is 12.5 Å². The van der Waals surface area contributed by atoms with Crippen LogP contribution < -0.4 is 15.4 Å². The fourth-order valence-electron chi connectivity index (χ4n) is 3.51. The van der Waals surface area contributed by atoms with Crippen LogP contribution in [0.4, 0.5) is 11.4 Å². The lowest BCUT2D eigenvalue weighted by Gasteiger charge is -2.33. The first kappa shape index (κ1) is 22.5. The topological polar surface area (TPSA) is 73.9 Å². The van der Waals surface area contributed by atoms with Crippen LogP contribution in [0.25, 0.3) is 6.08 Å². The minimum absolute atomic E-state index is 0.101. The Hall–Kier alpha value is -3.16. The van der Waals surface area contributed by atoms with Gasteiger partial charge in [-0.25, -0.2) is 0 Å². The van der Waals surface area contributed by atoms with Crippen molar-refractivity contribution in [2.24, 2.45) is 0 Å². The van der Waals surface area contributed by atoms with Gasteiger partial charge in [0.05, 0.1) is 19.3 Å². The molecule has 0 aliphatic carbocycles.